The van der Waals surface area contributed by atoms with Gasteiger partial charge >= 0.3 is 0 Å². The first-order chi connectivity index (χ1) is 10.1. The van der Waals surface area contributed by atoms with Crippen molar-refractivity contribution in [2.24, 2.45) is 0 Å². The molecule has 0 unspecified atom stereocenters. The summed E-state index contributed by atoms with van der Waals surface area (Å²) in [6, 6.07) is 15.6. The van der Waals surface area contributed by atoms with Crippen molar-refractivity contribution in [3.05, 3.63) is 64.1 Å². The van der Waals surface area contributed by atoms with E-state index in [4.69, 9.17) is 4.74 Å². The summed E-state index contributed by atoms with van der Waals surface area (Å²) in [5.74, 6) is 0.536. The van der Waals surface area contributed by atoms with Crippen LogP contribution >= 0.6 is 15.9 Å². The lowest BCUT2D eigenvalue weighted by Gasteiger charge is -2.16. The van der Waals surface area contributed by atoms with E-state index in [0.717, 1.165) is 15.6 Å². The molecular weight excluding hydrogens is 330 g/mol. The summed E-state index contributed by atoms with van der Waals surface area (Å²) < 4.78 is 6.54. The van der Waals surface area contributed by atoms with Gasteiger partial charge in [-0.05, 0) is 53.0 Å². The molecule has 0 saturated heterocycles. The van der Waals surface area contributed by atoms with Gasteiger partial charge in [-0.2, -0.15) is 0 Å². The first-order valence-corrected chi connectivity index (χ1v) is 7.60. The first kappa shape index (κ1) is 15.6. The van der Waals surface area contributed by atoms with E-state index in [-0.39, 0.29) is 5.91 Å². The standard InChI is InChI=1S/C17H18BrNO2/c1-12-8-9-16(15(18)10-12)21-13(2)17(20)19-11-14-6-4-3-5-7-14/h3-10,13H,11H2,1-2H3,(H,19,20)/t13-/m0/s1. The van der Waals surface area contributed by atoms with Crippen LogP contribution in [0.1, 0.15) is 18.1 Å². The average molecular weight is 348 g/mol. The Hall–Kier alpha value is -1.81. The smallest absolute Gasteiger partial charge is 0.261 e. The molecule has 2 rings (SSSR count). The molecular formula is C17H18BrNO2. The third kappa shape index (κ3) is 4.60. The van der Waals surface area contributed by atoms with E-state index in [0.29, 0.717) is 12.3 Å². The summed E-state index contributed by atoms with van der Waals surface area (Å²) in [7, 11) is 0. The highest BCUT2D eigenvalue weighted by atomic mass is 79.9. The average Bonchev–Trinajstić information content (AvgIpc) is 2.48. The lowest BCUT2D eigenvalue weighted by molar-refractivity contribution is -0.127. The monoisotopic (exact) mass is 347 g/mol. The van der Waals surface area contributed by atoms with Crippen molar-refractivity contribution in [3.63, 3.8) is 0 Å². The van der Waals surface area contributed by atoms with Gasteiger partial charge in [-0.15, -0.1) is 0 Å². The number of carbonyl (C=O) groups is 1. The van der Waals surface area contributed by atoms with Crippen molar-refractivity contribution in [2.75, 3.05) is 0 Å². The fourth-order valence-corrected chi connectivity index (χ4v) is 2.46. The molecule has 3 nitrogen and oxygen atoms in total. The number of amides is 1. The second-order valence-corrected chi connectivity index (χ2v) is 5.75. The van der Waals surface area contributed by atoms with Gasteiger partial charge in [-0.3, -0.25) is 4.79 Å². The minimum absolute atomic E-state index is 0.133. The van der Waals surface area contributed by atoms with Crippen LogP contribution in [0.2, 0.25) is 0 Å². The molecule has 0 saturated carbocycles. The Labute approximate surface area is 133 Å². The Morgan fingerprint density at radius 3 is 2.62 bits per heavy atom. The highest BCUT2D eigenvalue weighted by molar-refractivity contribution is 9.10. The van der Waals surface area contributed by atoms with Crippen molar-refractivity contribution in [1.82, 2.24) is 5.32 Å². The van der Waals surface area contributed by atoms with Crippen LogP contribution < -0.4 is 10.1 Å². The van der Waals surface area contributed by atoms with E-state index in [2.05, 4.69) is 21.2 Å². The molecule has 0 radical (unpaired) electrons. The van der Waals surface area contributed by atoms with Crippen molar-refractivity contribution in [1.29, 1.82) is 0 Å². The fourth-order valence-electron chi connectivity index (χ4n) is 1.87. The third-order valence-corrected chi connectivity index (χ3v) is 3.69. The number of nitrogens with one attached hydrogen (secondary N) is 1. The molecule has 0 aliphatic carbocycles. The number of hydrogen-bond donors (Lipinski definition) is 1. The quantitative estimate of drug-likeness (QED) is 0.892. The van der Waals surface area contributed by atoms with E-state index in [9.17, 15) is 4.79 Å². The Morgan fingerprint density at radius 2 is 1.95 bits per heavy atom. The molecule has 0 bridgehead atoms. The molecule has 110 valence electrons. The fraction of sp³-hybridized carbons (Fsp3) is 0.235. The van der Waals surface area contributed by atoms with E-state index in [1.807, 2.05) is 55.5 Å². The van der Waals surface area contributed by atoms with Crippen molar-refractivity contribution in [2.45, 2.75) is 26.5 Å². The molecule has 4 heteroatoms. The van der Waals surface area contributed by atoms with E-state index >= 15 is 0 Å². The van der Waals surface area contributed by atoms with Crippen LogP contribution in [0.25, 0.3) is 0 Å². The molecule has 0 heterocycles. The predicted molar refractivity (Wildman–Crippen MR) is 87.3 cm³/mol. The first-order valence-electron chi connectivity index (χ1n) is 6.80. The molecule has 0 aromatic heterocycles. The van der Waals surface area contributed by atoms with Gasteiger partial charge in [-0.25, -0.2) is 0 Å². The van der Waals surface area contributed by atoms with Gasteiger partial charge in [0.15, 0.2) is 6.10 Å². The number of aryl methyl sites for hydroxylation is 1. The number of halogens is 1. The number of carbonyl (C=O) groups excluding carboxylic acids is 1. The maximum absolute atomic E-state index is 12.0. The maximum atomic E-state index is 12.0. The van der Waals surface area contributed by atoms with Crippen LogP contribution in [0, 0.1) is 6.92 Å². The molecule has 0 aliphatic heterocycles. The van der Waals surface area contributed by atoms with Gasteiger partial charge in [0.05, 0.1) is 4.47 Å². The molecule has 21 heavy (non-hydrogen) atoms. The maximum Gasteiger partial charge on any atom is 0.261 e. The van der Waals surface area contributed by atoms with Crippen molar-refractivity contribution >= 4 is 21.8 Å². The highest BCUT2D eigenvalue weighted by Gasteiger charge is 2.15. The van der Waals surface area contributed by atoms with Crippen molar-refractivity contribution in [3.8, 4) is 5.75 Å². The highest BCUT2D eigenvalue weighted by Crippen LogP contribution is 2.26. The summed E-state index contributed by atoms with van der Waals surface area (Å²) >= 11 is 3.44. The third-order valence-electron chi connectivity index (χ3n) is 3.07. The number of ether oxygens (including phenoxy) is 1. The molecule has 1 N–H and O–H groups in total. The lowest BCUT2D eigenvalue weighted by atomic mass is 10.2. The molecule has 0 fully saturated rings. The zero-order valence-corrected chi connectivity index (χ0v) is 13.7. The van der Waals surface area contributed by atoms with Crippen LogP contribution in [0.15, 0.2) is 53.0 Å². The molecule has 2 aromatic carbocycles. The zero-order valence-electron chi connectivity index (χ0n) is 12.1. The van der Waals surface area contributed by atoms with Crippen LogP contribution in [0.4, 0.5) is 0 Å². The van der Waals surface area contributed by atoms with Gasteiger partial charge in [0.1, 0.15) is 5.75 Å². The Kier molecular flexibility index (Phi) is 5.39. The predicted octanol–water partition coefficient (Wildman–Crippen LogP) is 3.84. The van der Waals surface area contributed by atoms with Gasteiger partial charge < -0.3 is 10.1 Å². The van der Waals surface area contributed by atoms with Crippen LogP contribution in [0.5, 0.6) is 5.75 Å². The zero-order chi connectivity index (χ0) is 15.2. The minimum Gasteiger partial charge on any atom is -0.480 e. The van der Waals surface area contributed by atoms with Crippen molar-refractivity contribution < 1.29 is 9.53 Å². The Morgan fingerprint density at radius 1 is 1.24 bits per heavy atom. The normalized spacial score (nSPS) is 11.8. The SMILES string of the molecule is Cc1ccc(O[C@@H](C)C(=O)NCc2ccccc2)c(Br)c1. The molecule has 1 atom stereocenters. The van der Waals surface area contributed by atoms with Gasteiger partial charge in [0, 0.05) is 6.54 Å². The summed E-state index contributed by atoms with van der Waals surface area (Å²) in [5, 5.41) is 2.87. The second kappa shape index (κ2) is 7.27. The second-order valence-electron chi connectivity index (χ2n) is 4.90. The summed E-state index contributed by atoms with van der Waals surface area (Å²) in [6.07, 6.45) is -0.548. The summed E-state index contributed by atoms with van der Waals surface area (Å²) in [4.78, 5) is 12.0. The summed E-state index contributed by atoms with van der Waals surface area (Å²) in [5.41, 5.74) is 2.20. The van der Waals surface area contributed by atoms with Gasteiger partial charge in [0.2, 0.25) is 0 Å². The largest absolute Gasteiger partial charge is 0.480 e. The van der Waals surface area contributed by atoms with E-state index < -0.39 is 6.10 Å². The van der Waals surface area contributed by atoms with E-state index in [1.54, 1.807) is 6.92 Å². The number of benzene rings is 2. The number of rotatable bonds is 5. The summed E-state index contributed by atoms with van der Waals surface area (Å²) in [6.45, 7) is 4.25. The molecule has 0 aliphatic rings. The molecule has 0 spiro atoms. The lowest BCUT2D eigenvalue weighted by Crippen LogP contribution is -2.35. The van der Waals surface area contributed by atoms with E-state index in [1.165, 1.54) is 0 Å². The molecule has 2 aromatic rings. The Balaban J connectivity index is 1.90. The van der Waals surface area contributed by atoms with Crippen LogP contribution in [-0.4, -0.2) is 12.0 Å². The molecule has 1 amide bonds. The van der Waals surface area contributed by atoms with Gasteiger partial charge in [0.25, 0.3) is 5.91 Å². The van der Waals surface area contributed by atoms with Gasteiger partial charge in [-0.1, -0.05) is 36.4 Å². The minimum atomic E-state index is -0.548. The van der Waals surface area contributed by atoms with Crippen LogP contribution in [-0.2, 0) is 11.3 Å². The topological polar surface area (TPSA) is 38.3 Å². The Bertz CT molecular complexity index is 613. The number of hydrogen-bond acceptors (Lipinski definition) is 2. The van der Waals surface area contributed by atoms with Crippen LogP contribution in [0.3, 0.4) is 0 Å².